The van der Waals surface area contributed by atoms with Crippen molar-refractivity contribution in [2.24, 2.45) is 0 Å². The van der Waals surface area contributed by atoms with Gasteiger partial charge in [0.15, 0.2) is 6.10 Å². The number of ether oxygens (including phenoxy) is 3. The number of likely N-dealkylation sites (tertiary alicyclic amines) is 1. The van der Waals surface area contributed by atoms with Gasteiger partial charge in [-0.1, -0.05) is 12.1 Å². The molecule has 1 atom stereocenters. The molecule has 3 fully saturated rings. The van der Waals surface area contributed by atoms with Gasteiger partial charge < -0.3 is 39.3 Å². The van der Waals surface area contributed by atoms with E-state index in [0.717, 1.165) is 72.8 Å². The fourth-order valence-corrected chi connectivity index (χ4v) is 7.58. The van der Waals surface area contributed by atoms with Gasteiger partial charge in [-0.05, 0) is 86.4 Å². The number of fused-ring (bicyclic) bond motifs is 1. The molecule has 260 valence electrons. The number of hydrogen-bond donors (Lipinski definition) is 2. The molecule has 4 amide bonds. The number of phenols is 1. The summed E-state index contributed by atoms with van der Waals surface area (Å²) in [6.45, 7) is 9.37. The molecular weight excluding hydrogens is 614 g/mol. The molecule has 4 heterocycles. The molecule has 0 saturated carbocycles. The molecule has 0 aromatic heterocycles. The third-order valence-corrected chi connectivity index (χ3v) is 10.4. The molecule has 48 heavy (non-hydrogen) atoms. The van der Waals surface area contributed by atoms with Crippen LogP contribution in [0.2, 0.25) is 0 Å². The fourth-order valence-electron chi connectivity index (χ4n) is 7.58. The van der Waals surface area contributed by atoms with Crippen LogP contribution in [-0.4, -0.2) is 127 Å². The van der Waals surface area contributed by atoms with Crippen molar-refractivity contribution in [3.63, 3.8) is 0 Å². The van der Waals surface area contributed by atoms with Gasteiger partial charge in [0.1, 0.15) is 11.5 Å². The van der Waals surface area contributed by atoms with Gasteiger partial charge in [0, 0.05) is 83.2 Å². The molecule has 2 N–H and O–H groups in total. The Balaban J connectivity index is 1.08. The molecule has 2 aromatic carbocycles. The third-order valence-electron chi connectivity index (χ3n) is 10.4. The number of anilines is 1. The number of aryl methyl sites for hydroxylation is 2. The first-order valence-corrected chi connectivity index (χ1v) is 17.3. The van der Waals surface area contributed by atoms with Crippen molar-refractivity contribution < 1.29 is 33.7 Å². The minimum atomic E-state index is -0.986. The Morgan fingerprint density at radius 2 is 1.60 bits per heavy atom. The molecule has 0 radical (unpaired) electrons. The molecule has 4 aliphatic rings. The number of benzene rings is 2. The normalized spacial score (nSPS) is 20.5. The van der Waals surface area contributed by atoms with Gasteiger partial charge in [0.2, 0.25) is 0 Å². The van der Waals surface area contributed by atoms with Gasteiger partial charge in [-0.25, -0.2) is 9.59 Å². The Morgan fingerprint density at radius 1 is 0.917 bits per heavy atom. The van der Waals surface area contributed by atoms with Crippen molar-refractivity contribution in [1.29, 1.82) is 0 Å². The molecule has 0 bridgehead atoms. The second kappa shape index (κ2) is 15.0. The number of nitrogens with zero attached hydrogens (tertiary/aromatic N) is 4. The largest absolute Gasteiger partial charge is 0.507 e. The van der Waals surface area contributed by atoms with E-state index in [1.807, 2.05) is 54.0 Å². The molecule has 3 saturated heterocycles. The number of piperidine rings is 1. The smallest absolute Gasteiger partial charge is 0.410 e. The average molecular weight is 664 g/mol. The first-order chi connectivity index (χ1) is 23.2. The maximum atomic E-state index is 14.0. The predicted molar refractivity (Wildman–Crippen MR) is 181 cm³/mol. The first kappa shape index (κ1) is 33.9. The monoisotopic (exact) mass is 663 g/mol. The maximum absolute atomic E-state index is 14.0. The molecule has 12 heteroatoms. The number of piperazine rings is 1. The SMILES string of the molecule is COc1ccc2c(c1)CCN(C1CCN(C(=O)O[C@H](Cc3cc(C)c(O)c(C)c3)C(=O)N3CCN(C4CCOCC4)CC3)CC1)C(=O)N2. The van der Waals surface area contributed by atoms with E-state index in [2.05, 4.69) is 10.2 Å². The van der Waals surface area contributed by atoms with Crippen LogP contribution < -0.4 is 10.1 Å². The lowest BCUT2D eigenvalue weighted by atomic mass is 10.00. The zero-order valence-corrected chi connectivity index (χ0v) is 28.4. The summed E-state index contributed by atoms with van der Waals surface area (Å²) in [6, 6.07) is 9.71. The van der Waals surface area contributed by atoms with Crippen LogP contribution in [-0.2, 0) is 27.1 Å². The van der Waals surface area contributed by atoms with Crippen LogP contribution >= 0.6 is 0 Å². The lowest BCUT2D eigenvalue weighted by Gasteiger charge is -2.41. The summed E-state index contributed by atoms with van der Waals surface area (Å²) in [7, 11) is 1.63. The zero-order chi connectivity index (χ0) is 33.8. The van der Waals surface area contributed by atoms with Crippen molar-refractivity contribution >= 4 is 23.7 Å². The van der Waals surface area contributed by atoms with Crippen molar-refractivity contribution in [1.82, 2.24) is 19.6 Å². The summed E-state index contributed by atoms with van der Waals surface area (Å²) < 4.78 is 16.9. The second-order valence-corrected chi connectivity index (χ2v) is 13.5. The topological polar surface area (TPSA) is 124 Å². The molecule has 12 nitrogen and oxygen atoms in total. The number of carbonyl (C=O) groups excluding carboxylic acids is 3. The van der Waals surface area contributed by atoms with Gasteiger partial charge in [0.25, 0.3) is 5.91 Å². The number of amides is 4. The summed E-state index contributed by atoms with van der Waals surface area (Å²) in [5.41, 5.74) is 4.10. The highest BCUT2D eigenvalue weighted by Gasteiger charge is 2.36. The highest BCUT2D eigenvalue weighted by molar-refractivity contribution is 5.91. The quantitative estimate of drug-likeness (QED) is 0.457. The van der Waals surface area contributed by atoms with Crippen LogP contribution in [0.1, 0.15) is 47.9 Å². The second-order valence-electron chi connectivity index (χ2n) is 13.5. The number of urea groups is 1. The van der Waals surface area contributed by atoms with E-state index < -0.39 is 12.2 Å². The number of rotatable bonds is 7. The number of methoxy groups -OCH3 is 1. The Hall–Kier alpha value is -4.03. The van der Waals surface area contributed by atoms with Crippen LogP contribution in [0.15, 0.2) is 30.3 Å². The van der Waals surface area contributed by atoms with E-state index in [1.54, 1.807) is 12.0 Å². The number of carbonyl (C=O) groups is 3. The van der Waals surface area contributed by atoms with Crippen LogP contribution in [0.3, 0.4) is 0 Å². The fraction of sp³-hybridized carbons (Fsp3) is 0.583. The van der Waals surface area contributed by atoms with Crippen molar-refractivity contribution in [2.75, 3.05) is 71.5 Å². The summed E-state index contributed by atoms with van der Waals surface area (Å²) in [4.78, 5) is 48.6. The standard InChI is InChI=1S/C36H49N5O7/c1-24-20-26(21-25(2)33(24)42)22-32(34(43)39-16-14-38(15-17-39)28-9-18-47-19-10-28)48-36(45)40-11-7-29(8-12-40)41-13-6-27-23-30(46-3)4-5-31(27)37-35(41)44/h4-5,20-21,23,28-29,32,42H,6-19,22H2,1-3H3,(H,37,44)/t32-/m1/s1. The molecule has 2 aromatic rings. The van der Waals surface area contributed by atoms with Gasteiger partial charge >= 0.3 is 12.1 Å². The number of nitrogens with one attached hydrogen (secondary N) is 1. The third kappa shape index (κ3) is 7.65. The van der Waals surface area contributed by atoms with Gasteiger partial charge in [-0.2, -0.15) is 0 Å². The van der Waals surface area contributed by atoms with E-state index in [0.29, 0.717) is 58.0 Å². The van der Waals surface area contributed by atoms with E-state index in [4.69, 9.17) is 14.2 Å². The number of hydrogen-bond acceptors (Lipinski definition) is 8. The molecule has 0 spiro atoms. The van der Waals surface area contributed by atoms with E-state index in [9.17, 15) is 19.5 Å². The summed E-state index contributed by atoms with van der Waals surface area (Å²) in [6.07, 6.45) is 2.68. The molecule has 6 rings (SSSR count). The van der Waals surface area contributed by atoms with Gasteiger partial charge in [-0.15, -0.1) is 0 Å². The lowest BCUT2D eigenvalue weighted by molar-refractivity contribution is -0.143. The zero-order valence-electron chi connectivity index (χ0n) is 28.4. The van der Waals surface area contributed by atoms with Crippen LogP contribution in [0.4, 0.5) is 15.3 Å². The van der Waals surface area contributed by atoms with Gasteiger partial charge in [-0.3, -0.25) is 9.69 Å². The number of phenolic OH excluding ortho intramolecular Hbond substituents is 1. The van der Waals surface area contributed by atoms with Gasteiger partial charge in [0.05, 0.1) is 7.11 Å². The average Bonchev–Trinajstić information content (AvgIpc) is 3.27. The Labute approximate surface area is 282 Å². The van der Waals surface area contributed by atoms with Crippen LogP contribution in [0, 0.1) is 13.8 Å². The minimum absolute atomic E-state index is 0.0161. The lowest BCUT2D eigenvalue weighted by Crippen LogP contribution is -2.56. The summed E-state index contributed by atoms with van der Waals surface area (Å²) in [5, 5.41) is 13.4. The Morgan fingerprint density at radius 3 is 2.27 bits per heavy atom. The minimum Gasteiger partial charge on any atom is -0.507 e. The van der Waals surface area contributed by atoms with Crippen molar-refractivity contribution in [3.05, 3.63) is 52.6 Å². The highest BCUT2D eigenvalue weighted by Crippen LogP contribution is 2.29. The molecule has 0 unspecified atom stereocenters. The van der Waals surface area contributed by atoms with E-state index in [-0.39, 0.29) is 30.2 Å². The predicted octanol–water partition coefficient (Wildman–Crippen LogP) is 3.94. The Bertz CT molecular complexity index is 1460. The first-order valence-electron chi connectivity index (χ1n) is 17.3. The van der Waals surface area contributed by atoms with Crippen molar-refractivity contribution in [2.45, 2.75) is 70.6 Å². The number of aromatic hydroxyl groups is 1. The summed E-state index contributed by atoms with van der Waals surface area (Å²) in [5.74, 6) is 0.797. The van der Waals surface area contributed by atoms with E-state index >= 15 is 0 Å². The highest BCUT2D eigenvalue weighted by atomic mass is 16.6. The maximum Gasteiger partial charge on any atom is 0.410 e. The van der Waals surface area contributed by atoms with Crippen LogP contribution in [0.25, 0.3) is 0 Å². The molecule has 0 aliphatic carbocycles. The molecule has 4 aliphatic heterocycles. The van der Waals surface area contributed by atoms with Crippen molar-refractivity contribution in [3.8, 4) is 11.5 Å². The molecular formula is C36H49N5O7. The Kier molecular flexibility index (Phi) is 10.6. The van der Waals surface area contributed by atoms with Crippen LogP contribution in [0.5, 0.6) is 11.5 Å². The summed E-state index contributed by atoms with van der Waals surface area (Å²) >= 11 is 0. The van der Waals surface area contributed by atoms with E-state index in [1.165, 1.54) is 0 Å².